The lowest BCUT2D eigenvalue weighted by Crippen LogP contribution is -2.37. The maximum Gasteiger partial charge on any atom is 0.278 e. The third-order valence-corrected chi connectivity index (χ3v) is 4.40. The molecular formula is C21H27N3O5. The van der Waals surface area contributed by atoms with E-state index in [0.29, 0.717) is 48.8 Å². The molecule has 3 amide bonds. The molecule has 0 fully saturated rings. The van der Waals surface area contributed by atoms with Crippen molar-refractivity contribution in [1.82, 2.24) is 9.80 Å². The Morgan fingerprint density at radius 3 is 2.17 bits per heavy atom. The quantitative estimate of drug-likeness (QED) is 0.447. The Bertz CT molecular complexity index is 793. The number of benzene rings is 1. The molecule has 0 saturated heterocycles. The minimum absolute atomic E-state index is 0.122. The maximum atomic E-state index is 13.1. The Morgan fingerprint density at radius 1 is 1.10 bits per heavy atom. The van der Waals surface area contributed by atoms with Crippen LogP contribution in [0.4, 0.5) is 5.69 Å². The van der Waals surface area contributed by atoms with Gasteiger partial charge in [-0.25, -0.2) is 0 Å². The first kappa shape index (κ1) is 22.3. The van der Waals surface area contributed by atoms with E-state index in [-0.39, 0.29) is 24.3 Å². The number of nitrogens with zero attached hydrogens (tertiary/aromatic N) is 2. The van der Waals surface area contributed by atoms with Gasteiger partial charge in [-0.3, -0.25) is 19.3 Å². The molecule has 29 heavy (non-hydrogen) atoms. The third-order valence-electron chi connectivity index (χ3n) is 4.40. The minimum atomic E-state index is -0.378. The molecule has 0 atom stereocenters. The molecule has 0 aliphatic carbocycles. The zero-order valence-electron chi connectivity index (χ0n) is 17.1. The highest BCUT2D eigenvalue weighted by Gasteiger charge is 2.40. The smallest absolute Gasteiger partial charge is 0.278 e. The summed E-state index contributed by atoms with van der Waals surface area (Å²) >= 11 is 0. The zero-order chi connectivity index (χ0) is 21.4. The predicted octanol–water partition coefficient (Wildman–Crippen LogP) is 1.51. The summed E-state index contributed by atoms with van der Waals surface area (Å²) in [6.45, 7) is 6.84. The first-order chi connectivity index (χ1) is 13.9. The van der Waals surface area contributed by atoms with E-state index in [9.17, 15) is 14.4 Å². The fraction of sp³-hybridized carbons (Fsp3) is 0.381. The van der Waals surface area contributed by atoms with Crippen LogP contribution in [0, 0.1) is 0 Å². The molecule has 0 radical (unpaired) electrons. The van der Waals surface area contributed by atoms with Gasteiger partial charge in [0, 0.05) is 46.5 Å². The molecule has 8 heteroatoms. The first-order valence-electron chi connectivity index (χ1n) is 9.26. The molecule has 8 nitrogen and oxygen atoms in total. The van der Waals surface area contributed by atoms with E-state index >= 15 is 0 Å². The SMILES string of the molecule is C=CCN1C(=O)C(c2ccc(NC(C)=O)cc2)=C(N(CCOC)CCOC)C1=O. The van der Waals surface area contributed by atoms with E-state index in [0.717, 1.165) is 0 Å². The normalized spacial score (nSPS) is 13.8. The average Bonchev–Trinajstić information content (AvgIpc) is 2.93. The summed E-state index contributed by atoms with van der Waals surface area (Å²) in [5, 5.41) is 2.69. The standard InChI is InChI=1S/C21H27N3O5/c1-5-10-24-20(26)18(16-6-8-17(9-7-16)22-15(2)25)19(21(24)27)23(11-13-28-3)12-14-29-4/h5-9H,1,10-14H2,2-4H3,(H,22,25). The van der Waals surface area contributed by atoms with Crippen molar-refractivity contribution < 1.29 is 23.9 Å². The van der Waals surface area contributed by atoms with E-state index < -0.39 is 0 Å². The lowest BCUT2D eigenvalue weighted by atomic mass is 10.0. The van der Waals surface area contributed by atoms with E-state index in [1.54, 1.807) is 38.5 Å². The van der Waals surface area contributed by atoms with Crippen LogP contribution in [0.3, 0.4) is 0 Å². The second-order valence-corrected chi connectivity index (χ2v) is 6.46. The molecule has 156 valence electrons. The largest absolute Gasteiger partial charge is 0.383 e. The van der Waals surface area contributed by atoms with Gasteiger partial charge in [0.25, 0.3) is 11.8 Å². The van der Waals surface area contributed by atoms with Gasteiger partial charge in [0.2, 0.25) is 5.91 Å². The Morgan fingerprint density at radius 2 is 1.69 bits per heavy atom. The fourth-order valence-corrected chi connectivity index (χ4v) is 3.07. The summed E-state index contributed by atoms with van der Waals surface area (Å²) < 4.78 is 10.3. The van der Waals surface area contributed by atoms with Crippen molar-refractivity contribution in [3.05, 3.63) is 48.2 Å². The molecule has 0 saturated carbocycles. The van der Waals surface area contributed by atoms with Crippen molar-refractivity contribution in [1.29, 1.82) is 0 Å². The number of hydrogen-bond acceptors (Lipinski definition) is 6. The van der Waals surface area contributed by atoms with E-state index in [2.05, 4.69) is 11.9 Å². The van der Waals surface area contributed by atoms with Crippen molar-refractivity contribution in [3.63, 3.8) is 0 Å². The summed E-state index contributed by atoms with van der Waals surface area (Å²) in [4.78, 5) is 40.4. The summed E-state index contributed by atoms with van der Waals surface area (Å²) in [6, 6.07) is 6.83. The number of amides is 3. The van der Waals surface area contributed by atoms with Gasteiger partial charge in [-0.2, -0.15) is 0 Å². The van der Waals surface area contributed by atoms with Crippen molar-refractivity contribution in [2.24, 2.45) is 0 Å². The molecule has 1 heterocycles. The highest BCUT2D eigenvalue weighted by atomic mass is 16.5. The van der Waals surface area contributed by atoms with Crippen LogP contribution in [0.25, 0.3) is 5.57 Å². The number of ether oxygens (including phenoxy) is 2. The summed E-state index contributed by atoms with van der Waals surface area (Å²) in [5.41, 5.74) is 1.84. The number of carbonyl (C=O) groups excluding carboxylic acids is 3. The van der Waals surface area contributed by atoms with Gasteiger partial charge in [-0.05, 0) is 17.7 Å². The van der Waals surface area contributed by atoms with Crippen LogP contribution >= 0.6 is 0 Å². The molecular weight excluding hydrogens is 374 g/mol. The first-order valence-corrected chi connectivity index (χ1v) is 9.26. The molecule has 1 aliphatic rings. The van der Waals surface area contributed by atoms with Crippen LogP contribution in [0.2, 0.25) is 0 Å². The fourth-order valence-electron chi connectivity index (χ4n) is 3.07. The van der Waals surface area contributed by atoms with E-state index in [4.69, 9.17) is 9.47 Å². The Hall–Kier alpha value is -2.97. The second kappa shape index (κ2) is 10.5. The van der Waals surface area contributed by atoms with Crippen LogP contribution < -0.4 is 5.32 Å². The Kier molecular flexibility index (Phi) is 8.11. The molecule has 1 aromatic carbocycles. The highest BCUT2D eigenvalue weighted by molar-refractivity contribution is 6.35. The molecule has 2 rings (SSSR count). The van der Waals surface area contributed by atoms with Gasteiger partial charge in [0.05, 0.1) is 18.8 Å². The van der Waals surface area contributed by atoms with Gasteiger partial charge in [-0.1, -0.05) is 18.2 Å². The third kappa shape index (κ3) is 5.30. The van der Waals surface area contributed by atoms with Crippen LogP contribution in [0.1, 0.15) is 12.5 Å². The Balaban J connectivity index is 2.50. The second-order valence-electron chi connectivity index (χ2n) is 6.46. The van der Waals surface area contributed by atoms with E-state index in [1.807, 2.05) is 4.90 Å². The average molecular weight is 401 g/mol. The topological polar surface area (TPSA) is 88.2 Å². The lowest BCUT2D eigenvalue weighted by Gasteiger charge is -2.25. The molecule has 1 N–H and O–H groups in total. The van der Waals surface area contributed by atoms with Crippen molar-refractivity contribution in [2.75, 3.05) is 52.4 Å². The number of nitrogens with one attached hydrogen (secondary N) is 1. The highest BCUT2D eigenvalue weighted by Crippen LogP contribution is 2.32. The molecule has 1 aliphatic heterocycles. The van der Waals surface area contributed by atoms with Crippen molar-refractivity contribution >= 4 is 29.0 Å². The van der Waals surface area contributed by atoms with Crippen LogP contribution in [-0.4, -0.2) is 74.6 Å². The van der Waals surface area contributed by atoms with Crippen LogP contribution in [0.15, 0.2) is 42.6 Å². The zero-order valence-corrected chi connectivity index (χ0v) is 17.1. The molecule has 0 spiro atoms. The minimum Gasteiger partial charge on any atom is -0.383 e. The number of carbonyl (C=O) groups is 3. The van der Waals surface area contributed by atoms with Gasteiger partial charge >= 0.3 is 0 Å². The van der Waals surface area contributed by atoms with E-state index in [1.165, 1.54) is 17.9 Å². The summed E-state index contributed by atoms with van der Waals surface area (Å²) in [7, 11) is 3.16. The predicted molar refractivity (Wildman–Crippen MR) is 110 cm³/mol. The number of imide groups is 1. The number of anilines is 1. The summed E-state index contributed by atoms with van der Waals surface area (Å²) in [6.07, 6.45) is 1.52. The van der Waals surface area contributed by atoms with Gasteiger partial charge in [-0.15, -0.1) is 6.58 Å². The van der Waals surface area contributed by atoms with Gasteiger partial charge in [0.15, 0.2) is 0 Å². The van der Waals surface area contributed by atoms with Crippen molar-refractivity contribution in [3.8, 4) is 0 Å². The number of hydrogen-bond donors (Lipinski definition) is 1. The van der Waals surface area contributed by atoms with Gasteiger partial charge < -0.3 is 19.7 Å². The molecule has 1 aromatic rings. The Labute approximate surface area is 170 Å². The monoisotopic (exact) mass is 401 g/mol. The molecule has 0 bridgehead atoms. The lowest BCUT2D eigenvalue weighted by molar-refractivity contribution is -0.137. The van der Waals surface area contributed by atoms with Crippen molar-refractivity contribution in [2.45, 2.75) is 6.92 Å². The maximum absolute atomic E-state index is 13.1. The van der Waals surface area contributed by atoms with Crippen LogP contribution in [0.5, 0.6) is 0 Å². The molecule has 0 unspecified atom stereocenters. The van der Waals surface area contributed by atoms with Gasteiger partial charge in [0.1, 0.15) is 5.70 Å². The number of methoxy groups -OCH3 is 2. The number of rotatable bonds is 11. The molecule has 0 aromatic heterocycles. The summed E-state index contributed by atoms with van der Waals surface area (Å²) in [5.74, 6) is -0.938. The van der Waals surface area contributed by atoms with Crippen LogP contribution in [-0.2, 0) is 23.9 Å².